The molecule has 12 heavy (non-hydrogen) atoms. The van der Waals surface area contributed by atoms with Crippen LogP contribution in [0.3, 0.4) is 0 Å². The molecule has 1 N–H and O–H groups in total. The minimum atomic E-state index is 0.218. The lowest BCUT2D eigenvalue weighted by atomic mass is 10.5. The molecule has 0 aromatic carbocycles. The largest absolute Gasteiger partial charge is 0.395 e. The second-order valence-electron chi connectivity index (χ2n) is 2.50. The van der Waals surface area contributed by atoms with E-state index >= 15 is 0 Å². The number of hydrogen-bond donors (Lipinski definition) is 1. The molecule has 3 nitrogen and oxygen atoms in total. The molecule has 0 aliphatic heterocycles. The summed E-state index contributed by atoms with van der Waals surface area (Å²) in [7, 11) is 0. The SMILES string of the molecule is CC(CO)SCc1ccncn1. The average Bonchev–Trinajstić information content (AvgIpc) is 2.16. The van der Waals surface area contributed by atoms with Crippen molar-refractivity contribution in [2.45, 2.75) is 17.9 Å². The Labute approximate surface area is 76.2 Å². The van der Waals surface area contributed by atoms with Gasteiger partial charge in [-0.1, -0.05) is 6.92 Å². The summed E-state index contributed by atoms with van der Waals surface area (Å²) in [6.07, 6.45) is 3.27. The average molecular weight is 184 g/mol. The Hall–Kier alpha value is -0.610. The van der Waals surface area contributed by atoms with Gasteiger partial charge in [0.1, 0.15) is 6.33 Å². The van der Waals surface area contributed by atoms with Crippen LogP contribution in [0.25, 0.3) is 0 Å². The lowest BCUT2D eigenvalue weighted by Gasteiger charge is -2.05. The van der Waals surface area contributed by atoms with Crippen molar-refractivity contribution in [1.29, 1.82) is 0 Å². The highest BCUT2D eigenvalue weighted by Crippen LogP contribution is 2.14. The lowest BCUT2D eigenvalue weighted by Crippen LogP contribution is -2.02. The number of aliphatic hydroxyl groups is 1. The quantitative estimate of drug-likeness (QED) is 0.761. The summed E-state index contributed by atoms with van der Waals surface area (Å²) in [5.74, 6) is 0.838. The Morgan fingerprint density at radius 2 is 2.50 bits per heavy atom. The number of aliphatic hydroxyl groups excluding tert-OH is 1. The zero-order valence-corrected chi connectivity index (χ0v) is 7.79. The number of aromatic nitrogens is 2. The van der Waals surface area contributed by atoms with E-state index < -0.39 is 0 Å². The van der Waals surface area contributed by atoms with E-state index in [1.54, 1.807) is 24.3 Å². The van der Waals surface area contributed by atoms with E-state index in [1.165, 1.54) is 0 Å². The normalized spacial score (nSPS) is 12.8. The Bertz CT molecular complexity index is 218. The number of nitrogens with zero attached hydrogens (tertiary/aromatic N) is 2. The van der Waals surface area contributed by atoms with Gasteiger partial charge in [0.25, 0.3) is 0 Å². The van der Waals surface area contributed by atoms with Crippen molar-refractivity contribution in [3.63, 3.8) is 0 Å². The van der Waals surface area contributed by atoms with Gasteiger partial charge in [0.15, 0.2) is 0 Å². The van der Waals surface area contributed by atoms with Crippen LogP contribution in [-0.4, -0.2) is 26.9 Å². The van der Waals surface area contributed by atoms with Gasteiger partial charge < -0.3 is 5.11 Å². The lowest BCUT2D eigenvalue weighted by molar-refractivity contribution is 0.300. The van der Waals surface area contributed by atoms with Crippen LogP contribution in [0.15, 0.2) is 18.6 Å². The van der Waals surface area contributed by atoms with Crippen LogP contribution in [0.2, 0.25) is 0 Å². The number of hydrogen-bond acceptors (Lipinski definition) is 4. The van der Waals surface area contributed by atoms with Crippen LogP contribution < -0.4 is 0 Å². The minimum Gasteiger partial charge on any atom is -0.395 e. The molecular weight excluding hydrogens is 172 g/mol. The van der Waals surface area contributed by atoms with Crippen molar-refractivity contribution in [3.8, 4) is 0 Å². The molecule has 1 aromatic heterocycles. The van der Waals surface area contributed by atoms with Gasteiger partial charge in [-0.2, -0.15) is 11.8 Å². The Kier molecular flexibility index (Phi) is 4.04. The molecule has 4 heteroatoms. The fourth-order valence-corrected chi connectivity index (χ4v) is 1.42. The second kappa shape index (κ2) is 5.11. The van der Waals surface area contributed by atoms with Crippen LogP contribution in [-0.2, 0) is 5.75 Å². The first-order valence-corrected chi connectivity index (χ1v) is 4.85. The predicted molar refractivity (Wildman–Crippen MR) is 49.9 cm³/mol. The van der Waals surface area contributed by atoms with Gasteiger partial charge in [-0.3, -0.25) is 0 Å². The highest BCUT2D eigenvalue weighted by atomic mass is 32.2. The van der Waals surface area contributed by atoms with Gasteiger partial charge in [-0.25, -0.2) is 9.97 Å². The summed E-state index contributed by atoms with van der Waals surface area (Å²) in [4.78, 5) is 7.89. The smallest absolute Gasteiger partial charge is 0.115 e. The Morgan fingerprint density at radius 1 is 1.67 bits per heavy atom. The molecule has 0 amide bonds. The van der Waals surface area contributed by atoms with Crippen molar-refractivity contribution in [2.24, 2.45) is 0 Å². The zero-order valence-electron chi connectivity index (χ0n) is 6.97. The molecule has 0 fully saturated rings. The molecule has 1 atom stereocenters. The zero-order chi connectivity index (χ0) is 8.81. The summed E-state index contributed by atoms with van der Waals surface area (Å²) >= 11 is 1.69. The number of rotatable bonds is 4. The van der Waals surface area contributed by atoms with Gasteiger partial charge >= 0.3 is 0 Å². The van der Waals surface area contributed by atoms with Crippen LogP contribution >= 0.6 is 11.8 Å². The molecule has 66 valence electrons. The standard InChI is InChI=1S/C8H12N2OS/c1-7(4-11)12-5-8-2-3-9-6-10-8/h2-3,6-7,11H,4-5H2,1H3. The Balaban J connectivity index is 2.33. The molecule has 1 heterocycles. The van der Waals surface area contributed by atoms with Gasteiger partial charge in [0.2, 0.25) is 0 Å². The highest BCUT2D eigenvalue weighted by molar-refractivity contribution is 7.99. The monoisotopic (exact) mass is 184 g/mol. The van der Waals surface area contributed by atoms with E-state index in [0.717, 1.165) is 11.4 Å². The van der Waals surface area contributed by atoms with Gasteiger partial charge in [-0.05, 0) is 6.07 Å². The first-order valence-electron chi connectivity index (χ1n) is 3.80. The molecule has 0 bridgehead atoms. The van der Waals surface area contributed by atoms with Crippen molar-refractivity contribution >= 4 is 11.8 Å². The van der Waals surface area contributed by atoms with Crippen LogP contribution in [0.5, 0.6) is 0 Å². The molecule has 1 rings (SSSR count). The van der Waals surface area contributed by atoms with Gasteiger partial charge in [0, 0.05) is 17.2 Å². The van der Waals surface area contributed by atoms with E-state index in [9.17, 15) is 0 Å². The third kappa shape index (κ3) is 3.19. The topological polar surface area (TPSA) is 46.0 Å². The third-order valence-electron chi connectivity index (χ3n) is 1.42. The molecule has 0 saturated heterocycles. The van der Waals surface area contributed by atoms with E-state index in [0.29, 0.717) is 0 Å². The maximum absolute atomic E-state index is 8.76. The molecule has 0 radical (unpaired) electrons. The van der Waals surface area contributed by atoms with Crippen LogP contribution in [0.1, 0.15) is 12.6 Å². The van der Waals surface area contributed by atoms with E-state index in [2.05, 4.69) is 9.97 Å². The third-order valence-corrected chi connectivity index (χ3v) is 2.60. The minimum absolute atomic E-state index is 0.218. The first kappa shape index (κ1) is 9.48. The first-order chi connectivity index (χ1) is 5.83. The number of thioether (sulfide) groups is 1. The van der Waals surface area contributed by atoms with E-state index in [1.807, 2.05) is 13.0 Å². The summed E-state index contributed by atoms with van der Waals surface area (Å²) in [5, 5.41) is 9.04. The van der Waals surface area contributed by atoms with E-state index in [-0.39, 0.29) is 11.9 Å². The molecule has 0 spiro atoms. The van der Waals surface area contributed by atoms with Gasteiger partial charge in [-0.15, -0.1) is 0 Å². The molecule has 0 saturated carbocycles. The summed E-state index contributed by atoms with van der Waals surface area (Å²) < 4.78 is 0. The van der Waals surface area contributed by atoms with Crippen molar-refractivity contribution in [3.05, 3.63) is 24.3 Å². The Morgan fingerprint density at radius 3 is 3.08 bits per heavy atom. The van der Waals surface area contributed by atoms with Crippen molar-refractivity contribution < 1.29 is 5.11 Å². The second-order valence-corrected chi connectivity index (χ2v) is 3.93. The van der Waals surface area contributed by atoms with Crippen LogP contribution in [0.4, 0.5) is 0 Å². The van der Waals surface area contributed by atoms with Crippen LogP contribution in [0, 0.1) is 0 Å². The van der Waals surface area contributed by atoms with Crippen molar-refractivity contribution in [2.75, 3.05) is 6.61 Å². The summed E-state index contributed by atoms with van der Waals surface area (Å²) in [5.41, 5.74) is 1.01. The fourth-order valence-electron chi connectivity index (χ4n) is 0.684. The maximum atomic E-state index is 8.76. The molecule has 1 unspecified atom stereocenters. The van der Waals surface area contributed by atoms with Gasteiger partial charge in [0.05, 0.1) is 12.3 Å². The highest BCUT2D eigenvalue weighted by Gasteiger charge is 2.00. The van der Waals surface area contributed by atoms with Crippen molar-refractivity contribution in [1.82, 2.24) is 9.97 Å². The molecule has 0 aliphatic rings. The predicted octanol–water partition coefficient (Wildman–Crippen LogP) is 1.09. The summed E-state index contributed by atoms with van der Waals surface area (Å²) in [6.45, 7) is 2.21. The van der Waals surface area contributed by atoms with E-state index in [4.69, 9.17) is 5.11 Å². The molecular formula is C8H12N2OS. The maximum Gasteiger partial charge on any atom is 0.115 e. The molecule has 0 aliphatic carbocycles. The molecule has 1 aromatic rings. The summed E-state index contributed by atoms with van der Waals surface area (Å²) in [6, 6.07) is 1.89. The fraction of sp³-hybridized carbons (Fsp3) is 0.500.